The second-order valence-electron chi connectivity index (χ2n) is 5.14. The lowest BCUT2D eigenvalue weighted by Gasteiger charge is -2.08. The summed E-state index contributed by atoms with van der Waals surface area (Å²) in [5.41, 5.74) is 5.33. The van der Waals surface area contributed by atoms with Crippen LogP contribution in [0.15, 0.2) is 90.0 Å². The molecule has 24 heavy (non-hydrogen) atoms. The standard InChI is InChI=1S/C20H15ClN2O/c21-17-12-7-13-18(14-17)22-23-19(15-8-3-1-4-9-15)20(24)16-10-5-2-6-11-16/h1-14,22H. The van der Waals surface area contributed by atoms with Gasteiger partial charge in [0.05, 0.1) is 5.69 Å². The van der Waals surface area contributed by atoms with Crippen LogP contribution < -0.4 is 5.43 Å². The minimum Gasteiger partial charge on any atom is -0.287 e. The number of halogens is 1. The van der Waals surface area contributed by atoms with Crippen LogP contribution in [0.1, 0.15) is 15.9 Å². The van der Waals surface area contributed by atoms with Crippen molar-refractivity contribution in [2.45, 2.75) is 0 Å². The van der Waals surface area contributed by atoms with Gasteiger partial charge in [-0.15, -0.1) is 0 Å². The average Bonchev–Trinajstić information content (AvgIpc) is 2.63. The molecule has 0 amide bonds. The van der Waals surface area contributed by atoms with Gasteiger partial charge in [-0.2, -0.15) is 5.10 Å². The Morgan fingerprint density at radius 2 is 1.42 bits per heavy atom. The Morgan fingerprint density at radius 1 is 0.792 bits per heavy atom. The molecule has 0 radical (unpaired) electrons. The monoisotopic (exact) mass is 334 g/mol. The summed E-state index contributed by atoms with van der Waals surface area (Å²) in [5.74, 6) is -0.142. The van der Waals surface area contributed by atoms with E-state index in [4.69, 9.17) is 11.6 Å². The van der Waals surface area contributed by atoms with Crippen molar-refractivity contribution in [3.8, 4) is 0 Å². The normalized spacial score (nSPS) is 11.1. The molecule has 3 nitrogen and oxygen atoms in total. The number of benzene rings is 3. The number of anilines is 1. The van der Waals surface area contributed by atoms with Crippen molar-refractivity contribution in [3.63, 3.8) is 0 Å². The number of ketones is 1. The van der Waals surface area contributed by atoms with Crippen molar-refractivity contribution in [1.82, 2.24) is 0 Å². The first-order chi connectivity index (χ1) is 11.7. The molecule has 0 fully saturated rings. The van der Waals surface area contributed by atoms with Crippen molar-refractivity contribution in [1.29, 1.82) is 0 Å². The molecule has 0 saturated heterocycles. The second kappa shape index (κ2) is 7.57. The summed E-state index contributed by atoms with van der Waals surface area (Å²) in [6.45, 7) is 0. The first-order valence-corrected chi connectivity index (χ1v) is 7.86. The van der Waals surface area contributed by atoms with Crippen LogP contribution in [0.5, 0.6) is 0 Å². The van der Waals surface area contributed by atoms with Crippen molar-refractivity contribution in [2.24, 2.45) is 5.10 Å². The van der Waals surface area contributed by atoms with E-state index in [1.807, 2.05) is 60.7 Å². The average molecular weight is 335 g/mol. The maximum Gasteiger partial charge on any atom is 0.213 e. The third kappa shape index (κ3) is 3.89. The van der Waals surface area contributed by atoms with Crippen LogP contribution >= 0.6 is 11.6 Å². The fourth-order valence-electron chi connectivity index (χ4n) is 2.25. The Labute approximate surface area is 145 Å². The molecule has 0 saturated carbocycles. The van der Waals surface area contributed by atoms with Gasteiger partial charge in [-0.25, -0.2) is 0 Å². The SMILES string of the molecule is O=C(C(=NNc1cccc(Cl)c1)c1ccccc1)c1ccccc1. The molecule has 0 aromatic heterocycles. The topological polar surface area (TPSA) is 41.5 Å². The van der Waals surface area contributed by atoms with Gasteiger partial charge < -0.3 is 0 Å². The number of nitrogens with zero attached hydrogens (tertiary/aromatic N) is 1. The number of hydrogen-bond acceptors (Lipinski definition) is 3. The molecule has 3 aromatic carbocycles. The largest absolute Gasteiger partial charge is 0.287 e. The highest BCUT2D eigenvalue weighted by molar-refractivity contribution is 6.51. The number of carbonyl (C=O) groups excluding carboxylic acids is 1. The lowest BCUT2D eigenvalue weighted by Crippen LogP contribution is -2.17. The van der Waals surface area contributed by atoms with Gasteiger partial charge >= 0.3 is 0 Å². The van der Waals surface area contributed by atoms with Crippen molar-refractivity contribution in [2.75, 3.05) is 5.43 Å². The molecule has 0 aliphatic rings. The quantitative estimate of drug-likeness (QED) is 0.403. The molecule has 0 bridgehead atoms. The van der Waals surface area contributed by atoms with Crippen molar-refractivity contribution >= 4 is 28.8 Å². The summed E-state index contributed by atoms with van der Waals surface area (Å²) in [7, 11) is 0. The van der Waals surface area contributed by atoms with Gasteiger partial charge in [0.2, 0.25) is 5.78 Å². The molecule has 4 heteroatoms. The summed E-state index contributed by atoms with van der Waals surface area (Å²) in [6.07, 6.45) is 0. The van der Waals surface area contributed by atoms with E-state index in [1.165, 1.54) is 0 Å². The molecule has 0 aliphatic heterocycles. The molecule has 3 aromatic rings. The molecule has 118 valence electrons. The van der Waals surface area contributed by atoms with E-state index < -0.39 is 0 Å². The first kappa shape index (κ1) is 16.0. The Hall–Kier alpha value is -2.91. The van der Waals surface area contributed by atoms with E-state index in [0.717, 1.165) is 11.3 Å². The number of carbonyl (C=O) groups is 1. The smallest absolute Gasteiger partial charge is 0.213 e. The Kier molecular flexibility index (Phi) is 5.04. The molecular formula is C20H15ClN2O. The highest BCUT2D eigenvalue weighted by Crippen LogP contribution is 2.16. The van der Waals surface area contributed by atoms with E-state index in [1.54, 1.807) is 24.3 Å². The molecule has 0 heterocycles. The van der Waals surface area contributed by atoms with Crippen molar-refractivity contribution < 1.29 is 4.79 Å². The fraction of sp³-hybridized carbons (Fsp3) is 0. The summed E-state index contributed by atoms with van der Waals surface area (Å²) < 4.78 is 0. The van der Waals surface area contributed by atoms with Gasteiger partial charge in [-0.3, -0.25) is 10.2 Å². The highest BCUT2D eigenvalue weighted by Gasteiger charge is 2.16. The van der Waals surface area contributed by atoms with Crippen LogP contribution in [0.2, 0.25) is 5.02 Å². The summed E-state index contributed by atoms with van der Waals surface area (Å²) in [6, 6.07) is 25.7. The number of hydrogen-bond donors (Lipinski definition) is 1. The highest BCUT2D eigenvalue weighted by atomic mass is 35.5. The van der Waals surface area contributed by atoms with Crippen LogP contribution in [0.4, 0.5) is 5.69 Å². The number of hydrazone groups is 1. The lowest BCUT2D eigenvalue weighted by molar-refractivity contribution is 0.106. The molecular weight excluding hydrogens is 320 g/mol. The van der Waals surface area contributed by atoms with Crippen LogP contribution in [-0.2, 0) is 0 Å². The number of Topliss-reactive ketones (excluding diaryl/α,β-unsaturated/α-hetero) is 1. The first-order valence-electron chi connectivity index (χ1n) is 7.48. The van der Waals surface area contributed by atoms with Gasteiger partial charge in [0.15, 0.2) is 0 Å². The maximum absolute atomic E-state index is 12.8. The molecule has 0 aliphatic carbocycles. The minimum atomic E-state index is -0.142. The zero-order valence-corrected chi connectivity index (χ0v) is 13.6. The summed E-state index contributed by atoms with van der Waals surface area (Å²) in [4.78, 5) is 12.8. The molecule has 1 N–H and O–H groups in total. The Bertz CT molecular complexity index is 861. The van der Waals surface area contributed by atoms with Gasteiger partial charge in [0.1, 0.15) is 5.71 Å². The lowest BCUT2D eigenvalue weighted by atomic mass is 10.0. The van der Waals surface area contributed by atoms with Crippen molar-refractivity contribution in [3.05, 3.63) is 101 Å². The predicted octanol–water partition coefficient (Wildman–Crippen LogP) is 5.04. The summed E-state index contributed by atoms with van der Waals surface area (Å²) >= 11 is 5.98. The van der Waals surface area contributed by atoms with Gasteiger partial charge in [-0.1, -0.05) is 78.3 Å². The third-order valence-corrected chi connectivity index (χ3v) is 3.65. The minimum absolute atomic E-state index is 0.142. The molecule has 0 spiro atoms. The van der Waals surface area contributed by atoms with Crippen LogP contribution in [0, 0.1) is 0 Å². The van der Waals surface area contributed by atoms with E-state index in [2.05, 4.69) is 10.5 Å². The predicted molar refractivity (Wildman–Crippen MR) is 98.8 cm³/mol. The zero-order valence-electron chi connectivity index (χ0n) is 12.8. The van der Waals surface area contributed by atoms with Gasteiger partial charge in [-0.05, 0) is 18.2 Å². The third-order valence-electron chi connectivity index (χ3n) is 3.42. The van der Waals surface area contributed by atoms with Crippen LogP contribution in [0.3, 0.4) is 0 Å². The molecule has 3 rings (SSSR count). The molecule has 0 unspecified atom stereocenters. The fourth-order valence-corrected chi connectivity index (χ4v) is 2.44. The zero-order chi connectivity index (χ0) is 16.8. The van der Waals surface area contributed by atoms with E-state index in [9.17, 15) is 4.79 Å². The van der Waals surface area contributed by atoms with Crippen LogP contribution in [-0.4, -0.2) is 11.5 Å². The second-order valence-corrected chi connectivity index (χ2v) is 5.58. The van der Waals surface area contributed by atoms with E-state index in [-0.39, 0.29) is 5.78 Å². The van der Waals surface area contributed by atoms with E-state index >= 15 is 0 Å². The number of rotatable bonds is 5. The van der Waals surface area contributed by atoms with Crippen LogP contribution in [0.25, 0.3) is 0 Å². The Morgan fingerprint density at radius 3 is 2.04 bits per heavy atom. The molecule has 0 atom stereocenters. The summed E-state index contributed by atoms with van der Waals surface area (Å²) in [5, 5.41) is 4.94. The number of nitrogens with one attached hydrogen (secondary N) is 1. The van der Waals surface area contributed by atoms with Gasteiger partial charge in [0, 0.05) is 16.1 Å². The Balaban J connectivity index is 1.96. The maximum atomic E-state index is 12.8. The van der Waals surface area contributed by atoms with Gasteiger partial charge in [0.25, 0.3) is 0 Å². The van der Waals surface area contributed by atoms with E-state index in [0.29, 0.717) is 16.3 Å².